The van der Waals surface area contributed by atoms with Crippen LogP contribution >= 0.6 is 0 Å². The lowest BCUT2D eigenvalue weighted by Crippen LogP contribution is -2.13. The Hall–Kier alpha value is -1.54. The van der Waals surface area contributed by atoms with Crippen molar-refractivity contribution in [2.45, 2.75) is 38.2 Å². The van der Waals surface area contributed by atoms with Gasteiger partial charge in [-0.25, -0.2) is 0 Å². The van der Waals surface area contributed by atoms with Crippen molar-refractivity contribution in [2.75, 3.05) is 0 Å². The van der Waals surface area contributed by atoms with E-state index >= 15 is 0 Å². The van der Waals surface area contributed by atoms with Gasteiger partial charge in [-0.15, -0.1) is 0 Å². The number of rotatable bonds is 3. The molecule has 0 saturated heterocycles. The molecule has 2 heteroatoms. The monoisotopic (exact) mass is 242 g/mol. The van der Waals surface area contributed by atoms with Crippen molar-refractivity contribution >= 4 is 0 Å². The molecule has 1 fully saturated rings. The van der Waals surface area contributed by atoms with Gasteiger partial charge in [-0.1, -0.05) is 30.7 Å². The van der Waals surface area contributed by atoms with Crippen LogP contribution in [0.2, 0.25) is 0 Å². The molecule has 0 radical (unpaired) electrons. The normalized spacial score (nSPS) is 17.4. The summed E-state index contributed by atoms with van der Waals surface area (Å²) in [7, 11) is 0. The number of furan rings is 1. The third-order valence-electron chi connectivity index (χ3n) is 3.87. The molecule has 1 atom stereocenters. The van der Waals surface area contributed by atoms with Crippen LogP contribution in [0.15, 0.2) is 40.8 Å². The summed E-state index contributed by atoms with van der Waals surface area (Å²) in [6.45, 7) is 1.90. The van der Waals surface area contributed by atoms with Crippen LogP contribution in [-0.4, -0.2) is 5.11 Å². The summed E-state index contributed by atoms with van der Waals surface area (Å²) in [5.41, 5.74) is 2.28. The second-order valence-electron chi connectivity index (χ2n) is 5.11. The zero-order valence-electron chi connectivity index (χ0n) is 10.6. The quantitative estimate of drug-likeness (QED) is 0.884. The summed E-state index contributed by atoms with van der Waals surface area (Å²) in [5.74, 6) is 2.09. The summed E-state index contributed by atoms with van der Waals surface area (Å²) in [6.07, 6.45) is 3.13. The molecule has 1 aliphatic carbocycles. The Bertz CT molecular complexity index is 538. The Balaban J connectivity index is 1.95. The first-order valence-corrected chi connectivity index (χ1v) is 6.59. The minimum absolute atomic E-state index is 0.618. The van der Waals surface area contributed by atoms with Gasteiger partial charge in [0.25, 0.3) is 0 Å². The van der Waals surface area contributed by atoms with Crippen molar-refractivity contribution in [2.24, 2.45) is 0 Å². The molecule has 1 unspecified atom stereocenters. The van der Waals surface area contributed by atoms with Gasteiger partial charge in [0.05, 0.1) is 0 Å². The molecule has 0 aliphatic heterocycles. The average molecular weight is 242 g/mol. The Kier molecular flexibility index (Phi) is 2.96. The van der Waals surface area contributed by atoms with Crippen LogP contribution < -0.4 is 0 Å². The zero-order chi connectivity index (χ0) is 12.5. The maximum atomic E-state index is 10.5. The number of aliphatic hydroxyl groups is 1. The largest absolute Gasteiger partial charge is 0.463 e. The second kappa shape index (κ2) is 4.62. The van der Waals surface area contributed by atoms with E-state index in [4.69, 9.17) is 4.42 Å². The number of hydrogen-bond acceptors (Lipinski definition) is 2. The highest BCUT2D eigenvalue weighted by Gasteiger charge is 2.25. The summed E-state index contributed by atoms with van der Waals surface area (Å²) in [5, 5.41) is 10.5. The van der Waals surface area contributed by atoms with Crippen molar-refractivity contribution in [3.05, 3.63) is 59.0 Å². The molecule has 1 heterocycles. The van der Waals surface area contributed by atoms with Gasteiger partial charge in [0, 0.05) is 0 Å². The van der Waals surface area contributed by atoms with E-state index in [9.17, 15) is 5.11 Å². The fraction of sp³-hybridized carbons (Fsp3) is 0.375. The van der Waals surface area contributed by atoms with Crippen molar-refractivity contribution in [1.82, 2.24) is 0 Å². The molecule has 3 rings (SSSR count). The van der Waals surface area contributed by atoms with Crippen molar-refractivity contribution in [3.63, 3.8) is 0 Å². The van der Waals surface area contributed by atoms with Gasteiger partial charge in [0.1, 0.15) is 17.6 Å². The zero-order valence-corrected chi connectivity index (χ0v) is 10.6. The molecular formula is C16H18O2. The number of hydrogen-bond donors (Lipinski definition) is 1. The molecule has 1 saturated carbocycles. The first-order valence-electron chi connectivity index (χ1n) is 6.59. The molecule has 1 aromatic carbocycles. The molecular weight excluding hydrogens is 224 g/mol. The van der Waals surface area contributed by atoms with Gasteiger partial charge < -0.3 is 9.52 Å². The Morgan fingerprint density at radius 1 is 1.17 bits per heavy atom. The van der Waals surface area contributed by atoms with Crippen LogP contribution in [-0.2, 0) is 0 Å². The van der Waals surface area contributed by atoms with Gasteiger partial charge in [-0.3, -0.25) is 0 Å². The number of aliphatic hydroxyl groups excluding tert-OH is 1. The lowest BCUT2D eigenvalue weighted by molar-refractivity contribution is 0.185. The first kappa shape index (κ1) is 11.5. The molecule has 0 amide bonds. The summed E-state index contributed by atoms with van der Waals surface area (Å²) < 4.78 is 5.54. The van der Waals surface area contributed by atoms with Crippen LogP contribution in [0, 0.1) is 6.92 Å². The Morgan fingerprint density at radius 3 is 2.56 bits per heavy atom. The third kappa shape index (κ3) is 1.97. The van der Waals surface area contributed by atoms with E-state index in [-0.39, 0.29) is 0 Å². The lowest BCUT2D eigenvalue weighted by atomic mass is 9.77. The minimum Gasteiger partial charge on any atom is -0.463 e. The standard InChI is InChI=1S/C16H18O2/c1-11-9-10-15(18-11)16(17)14-8-3-2-7-13(14)12-5-4-6-12/h2-3,7-10,12,16-17H,4-6H2,1H3. The van der Waals surface area contributed by atoms with Crippen molar-refractivity contribution in [3.8, 4) is 0 Å². The second-order valence-corrected chi connectivity index (χ2v) is 5.11. The molecule has 0 spiro atoms. The fourth-order valence-corrected chi connectivity index (χ4v) is 2.60. The van der Waals surface area contributed by atoms with E-state index in [2.05, 4.69) is 12.1 Å². The SMILES string of the molecule is Cc1ccc(C(O)c2ccccc2C2CCC2)o1. The van der Waals surface area contributed by atoms with Gasteiger partial charge >= 0.3 is 0 Å². The lowest BCUT2D eigenvalue weighted by Gasteiger charge is -2.28. The van der Waals surface area contributed by atoms with Crippen LogP contribution in [0.5, 0.6) is 0 Å². The molecule has 0 bridgehead atoms. The van der Waals surface area contributed by atoms with E-state index in [1.54, 1.807) is 0 Å². The minimum atomic E-state index is -0.643. The molecule has 1 N–H and O–H groups in total. The Morgan fingerprint density at radius 2 is 1.94 bits per heavy atom. The maximum Gasteiger partial charge on any atom is 0.137 e. The van der Waals surface area contributed by atoms with Crippen molar-refractivity contribution in [1.29, 1.82) is 0 Å². The van der Waals surface area contributed by atoms with E-state index in [0.29, 0.717) is 11.7 Å². The topological polar surface area (TPSA) is 33.4 Å². The highest BCUT2D eigenvalue weighted by atomic mass is 16.4. The average Bonchev–Trinajstić information content (AvgIpc) is 2.74. The van der Waals surface area contributed by atoms with Crippen molar-refractivity contribution < 1.29 is 9.52 Å². The number of aryl methyl sites for hydroxylation is 1. The molecule has 2 aromatic rings. The van der Waals surface area contributed by atoms with Gasteiger partial charge in [-0.2, -0.15) is 0 Å². The van der Waals surface area contributed by atoms with E-state index < -0.39 is 6.10 Å². The van der Waals surface area contributed by atoms with Crippen LogP contribution in [0.3, 0.4) is 0 Å². The fourth-order valence-electron chi connectivity index (χ4n) is 2.60. The van der Waals surface area contributed by atoms with Gasteiger partial charge in [0.2, 0.25) is 0 Å². The summed E-state index contributed by atoms with van der Waals surface area (Å²) in [6, 6.07) is 11.9. The Labute approximate surface area is 107 Å². The predicted octanol–water partition coefficient (Wildman–Crippen LogP) is 3.94. The van der Waals surface area contributed by atoms with E-state index in [1.165, 1.54) is 24.8 Å². The maximum absolute atomic E-state index is 10.5. The number of benzene rings is 1. The highest BCUT2D eigenvalue weighted by molar-refractivity contribution is 5.36. The van der Waals surface area contributed by atoms with Gasteiger partial charge in [-0.05, 0) is 48.9 Å². The molecule has 1 aliphatic rings. The molecule has 2 nitrogen and oxygen atoms in total. The van der Waals surface area contributed by atoms with Gasteiger partial charge in [0.15, 0.2) is 0 Å². The smallest absolute Gasteiger partial charge is 0.137 e. The van der Waals surface area contributed by atoms with Crippen LogP contribution in [0.25, 0.3) is 0 Å². The molecule has 94 valence electrons. The van der Waals surface area contributed by atoms with Crippen LogP contribution in [0.1, 0.15) is 53.9 Å². The summed E-state index contributed by atoms with van der Waals surface area (Å²) in [4.78, 5) is 0. The molecule has 1 aromatic heterocycles. The predicted molar refractivity (Wildman–Crippen MR) is 70.5 cm³/mol. The van der Waals surface area contributed by atoms with Crippen LogP contribution in [0.4, 0.5) is 0 Å². The first-order chi connectivity index (χ1) is 8.75. The van der Waals surface area contributed by atoms with E-state index in [0.717, 1.165) is 11.3 Å². The highest BCUT2D eigenvalue weighted by Crippen LogP contribution is 2.40. The van der Waals surface area contributed by atoms with E-state index in [1.807, 2.05) is 31.2 Å². The summed E-state index contributed by atoms with van der Waals surface area (Å²) >= 11 is 0. The third-order valence-corrected chi connectivity index (χ3v) is 3.87. The molecule has 18 heavy (non-hydrogen) atoms.